The molecule has 1 aromatic carbocycles. The number of aromatic nitrogens is 1. The highest BCUT2D eigenvalue weighted by atomic mass is 32.1. The van der Waals surface area contributed by atoms with Crippen LogP contribution in [0.25, 0.3) is 10.9 Å². The number of para-hydroxylation sites is 1. The van der Waals surface area contributed by atoms with Crippen LogP contribution in [0, 0.1) is 5.92 Å². The zero-order chi connectivity index (χ0) is 14.1. The lowest BCUT2D eigenvalue weighted by Crippen LogP contribution is -2.26. The molecule has 0 bridgehead atoms. The van der Waals surface area contributed by atoms with Crippen LogP contribution in [0.2, 0.25) is 0 Å². The molecule has 1 aliphatic carbocycles. The summed E-state index contributed by atoms with van der Waals surface area (Å²) in [6.45, 7) is 4.21. The summed E-state index contributed by atoms with van der Waals surface area (Å²) in [6, 6.07) is 10.1. The standard InChI is InChI=1S/C16H19N3S/c1-2-19(10-11-7-8-11)15-9-13(16(17)20)12-5-3-4-6-14(12)18-15/h3-6,9,11H,2,7-8,10H2,1H3,(H2,17,20). The highest BCUT2D eigenvalue weighted by Crippen LogP contribution is 2.32. The minimum absolute atomic E-state index is 0.437. The zero-order valence-corrected chi connectivity index (χ0v) is 12.5. The monoisotopic (exact) mass is 285 g/mol. The maximum absolute atomic E-state index is 5.89. The Morgan fingerprint density at radius 2 is 2.15 bits per heavy atom. The van der Waals surface area contributed by atoms with Gasteiger partial charge < -0.3 is 10.6 Å². The number of pyridine rings is 1. The molecule has 20 heavy (non-hydrogen) atoms. The molecule has 4 heteroatoms. The molecule has 3 nitrogen and oxygen atoms in total. The number of thiocarbonyl (C=S) groups is 1. The zero-order valence-electron chi connectivity index (χ0n) is 11.7. The van der Waals surface area contributed by atoms with Crippen LogP contribution in [-0.4, -0.2) is 23.1 Å². The minimum Gasteiger partial charge on any atom is -0.389 e. The van der Waals surface area contributed by atoms with E-state index in [1.807, 2.05) is 30.3 Å². The van der Waals surface area contributed by atoms with Gasteiger partial charge in [0.05, 0.1) is 5.52 Å². The van der Waals surface area contributed by atoms with Crippen molar-refractivity contribution >= 4 is 33.9 Å². The van der Waals surface area contributed by atoms with Gasteiger partial charge in [0.15, 0.2) is 0 Å². The molecular weight excluding hydrogens is 266 g/mol. The molecule has 0 unspecified atom stereocenters. The lowest BCUT2D eigenvalue weighted by molar-refractivity contribution is 0.733. The quantitative estimate of drug-likeness (QED) is 0.857. The van der Waals surface area contributed by atoms with Crippen LogP contribution in [0.1, 0.15) is 25.3 Å². The van der Waals surface area contributed by atoms with E-state index in [2.05, 4.69) is 11.8 Å². The van der Waals surface area contributed by atoms with Gasteiger partial charge in [-0.3, -0.25) is 0 Å². The summed E-state index contributed by atoms with van der Waals surface area (Å²) >= 11 is 5.20. The molecule has 0 aliphatic heterocycles. The van der Waals surface area contributed by atoms with E-state index in [4.69, 9.17) is 22.9 Å². The Labute approximate surface area is 124 Å². The van der Waals surface area contributed by atoms with Crippen molar-refractivity contribution in [2.24, 2.45) is 11.7 Å². The Morgan fingerprint density at radius 1 is 1.40 bits per heavy atom. The smallest absolute Gasteiger partial charge is 0.129 e. The Hall–Kier alpha value is -1.68. The molecule has 0 atom stereocenters. The molecule has 2 aromatic rings. The maximum atomic E-state index is 5.89. The topological polar surface area (TPSA) is 42.1 Å². The molecule has 0 amide bonds. The van der Waals surface area contributed by atoms with Crippen molar-refractivity contribution in [2.45, 2.75) is 19.8 Å². The first-order valence-corrected chi connectivity index (χ1v) is 7.54. The van der Waals surface area contributed by atoms with Gasteiger partial charge in [-0.05, 0) is 37.8 Å². The van der Waals surface area contributed by atoms with Crippen LogP contribution in [0.4, 0.5) is 5.82 Å². The largest absolute Gasteiger partial charge is 0.389 e. The third-order valence-electron chi connectivity index (χ3n) is 3.85. The van der Waals surface area contributed by atoms with Crippen LogP contribution in [-0.2, 0) is 0 Å². The molecule has 2 N–H and O–H groups in total. The summed E-state index contributed by atoms with van der Waals surface area (Å²) in [5.41, 5.74) is 7.78. The van der Waals surface area contributed by atoms with E-state index in [9.17, 15) is 0 Å². The predicted molar refractivity (Wildman–Crippen MR) is 88.2 cm³/mol. The molecule has 104 valence electrons. The number of hydrogen-bond donors (Lipinski definition) is 1. The highest BCUT2D eigenvalue weighted by molar-refractivity contribution is 7.80. The molecule has 1 aromatic heterocycles. The predicted octanol–water partition coefficient (Wildman–Crippen LogP) is 3.11. The Bertz CT molecular complexity index is 649. The molecule has 0 saturated heterocycles. The van der Waals surface area contributed by atoms with Crippen LogP contribution < -0.4 is 10.6 Å². The van der Waals surface area contributed by atoms with Crippen molar-refractivity contribution in [2.75, 3.05) is 18.0 Å². The number of hydrogen-bond acceptors (Lipinski definition) is 3. The second-order valence-corrected chi connectivity index (χ2v) is 5.83. The van der Waals surface area contributed by atoms with E-state index < -0.39 is 0 Å². The van der Waals surface area contributed by atoms with E-state index in [0.717, 1.165) is 41.3 Å². The average molecular weight is 285 g/mol. The number of fused-ring (bicyclic) bond motifs is 1. The van der Waals surface area contributed by atoms with E-state index in [1.54, 1.807) is 0 Å². The Kier molecular flexibility index (Phi) is 3.57. The third kappa shape index (κ3) is 2.61. The molecule has 1 heterocycles. The minimum atomic E-state index is 0.437. The first kappa shape index (κ1) is 13.3. The molecule has 0 radical (unpaired) electrons. The number of anilines is 1. The maximum Gasteiger partial charge on any atom is 0.129 e. The van der Waals surface area contributed by atoms with Gasteiger partial charge in [-0.15, -0.1) is 0 Å². The summed E-state index contributed by atoms with van der Waals surface area (Å²) in [4.78, 5) is 7.54. The van der Waals surface area contributed by atoms with E-state index >= 15 is 0 Å². The first-order valence-electron chi connectivity index (χ1n) is 7.13. The van der Waals surface area contributed by atoms with Crippen LogP contribution in [0.3, 0.4) is 0 Å². The first-order chi connectivity index (χ1) is 9.69. The number of nitrogens with zero attached hydrogens (tertiary/aromatic N) is 2. The molecule has 1 aliphatic rings. The van der Waals surface area contributed by atoms with Crippen molar-refractivity contribution in [1.29, 1.82) is 0 Å². The van der Waals surface area contributed by atoms with E-state index in [0.29, 0.717) is 4.99 Å². The number of rotatable bonds is 5. The third-order valence-corrected chi connectivity index (χ3v) is 4.07. The summed E-state index contributed by atoms with van der Waals surface area (Å²) in [5, 5.41) is 1.03. The SMILES string of the molecule is CCN(CC1CC1)c1cc(C(N)=S)c2ccccc2n1. The molecule has 1 fully saturated rings. The van der Waals surface area contributed by atoms with Gasteiger partial charge >= 0.3 is 0 Å². The van der Waals surface area contributed by atoms with Gasteiger partial charge in [-0.2, -0.15) is 0 Å². The second-order valence-electron chi connectivity index (χ2n) is 5.39. The lowest BCUT2D eigenvalue weighted by atomic mass is 10.1. The van der Waals surface area contributed by atoms with Gasteiger partial charge in [0.25, 0.3) is 0 Å². The normalized spacial score (nSPS) is 14.4. The number of nitrogens with two attached hydrogens (primary N) is 1. The summed E-state index contributed by atoms with van der Waals surface area (Å²) in [5.74, 6) is 1.82. The van der Waals surface area contributed by atoms with Gasteiger partial charge in [0.1, 0.15) is 10.8 Å². The van der Waals surface area contributed by atoms with Crippen LogP contribution in [0.5, 0.6) is 0 Å². The van der Waals surface area contributed by atoms with Gasteiger partial charge in [-0.1, -0.05) is 30.4 Å². The van der Waals surface area contributed by atoms with E-state index in [1.165, 1.54) is 12.8 Å². The summed E-state index contributed by atoms with van der Waals surface area (Å²) in [7, 11) is 0. The average Bonchev–Trinajstić information content (AvgIpc) is 3.27. The molecule has 0 spiro atoms. The fourth-order valence-electron chi connectivity index (χ4n) is 2.52. The van der Waals surface area contributed by atoms with Gasteiger partial charge in [0.2, 0.25) is 0 Å². The molecular formula is C16H19N3S. The number of benzene rings is 1. The van der Waals surface area contributed by atoms with E-state index in [-0.39, 0.29) is 0 Å². The molecule has 3 rings (SSSR count). The van der Waals surface area contributed by atoms with Crippen molar-refractivity contribution < 1.29 is 0 Å². The fraction of sp³-hybridized carbons (Fsp3) is 0.375. The molecule has 1 saturated carbocycles. The summed E-state index contributed by atoms with van der Waals surface area (Å²) in [6.07, 6.45) is 2.68. The van der Waals surface area contributed by atoms with Crippen molar-refractivity contribution in [3.8, 4) is 0 Å². The van der Waals surface area contributed by atoms with Crippen molar-refractivity contribution in [3.05, 3.63) is 35.9 Å². The second kappa shape index (κ2) is 5.37. The lowest BCUT2D eigenvalue weighted by Gasteiger charge is -2.23. The van der Waals surface area contributed by atoms with Crippen molar-refractivity contribution in [1.82, 2.24) is 4.98 Å². The Balaban J connectivity index is 2.07. The van der Waals surface area contributed by atoms with Crippen LogP contribution >= 0.6 is 12.2 Å². The van der Waals surface area contributed by atoms with Crippen molar-refractivity contribution in [3.63, 3.8) is 0 Å². The summed E-state index contributed by atoms with van der Waals surface area (Å²) < 4.78 is 0. The van der Waals surface area contributed by atoms with Crippen LogP contribution in [0.15, 0.2) is 30.3 Å². The Morgan fingerprint density at radius 3 is 2.80 bits per heavy atom. The van der Waals surface area contributed by atoms with Gasteiger partial charge in [-0.25, -0.2) is 4.98 Å². The highest BCUT2D eigenvalue weighted by Gasteiger charge is 2.24. The van der Waals surface area contributed by atoms with Gasteiger partial charge in [0, 0.05) is 24.0 Å². The fourth-order valence-corrected chi connectivity index (χ4v) is 2.69.